The molecule has 0 fully saturated rings. The van der Waals surface area contributed by atoms with Crippen LogP contribution in [0.5, 0.6) is 0 Å². The first-order valence-electron chi connectivity index (χ1n) is 4.42. The van der Waals surface area contributed by atoms with E-state index in [-0.39, 0.29) is 6.10 Å². The van der Waals surface area contributed by atoms with Gasteiger partial charge in [0.15, 0.2) is 6.10 Å². The topological polar surface area (TPSA) is 33.0 Å². The number of aryl methyl sites for hydroxylation is 1. The van der Waals surface area contributed by atoms with Crippen LogP contribution in [0.4, 0.5) is 0 Å². The minimum atomic E-state index is -0.358. The summed E-state index contributed by atoms with van der Waals surface area (Å²) < 4.78 is 5.35. The lowest BCUT2D eigenvalue weighted by molar-refractivity contribution is 0.0797. The van der Waals surface area contributed by atoms with Gasteiger partial charge >= 0.3 is 0 Å². The highest BCUT2D eigenvalue weighted by Gasteiger charge is 2.20. The number of hydrogen-bond donors (Lipinski definition) is 0. The molecule has 2 rings (SSSR count). The van der Waals surface area contributed by atoms with Gasteiger partial charge in [0.1, 0.15) is 0 Å². The molecule has 2 nitrogen and oxygen atoms in total. The van der Waals surface area contributed by atoms with Crippen molar-refractivity contribution in [2.24, 2.45) is 0 Å². The van der Waals surface area contributed by atoms with Gasteiger partial charge in [-0.05, 0) is 30.0 Å². The standard InChI is InChI=1S/C11H11NO/c1-8-3-2-4-10-9(8)5-6-13-11(10)7-12/h2-4,11H,5-6H2,1H3. The summed E-state index contributed by atoms with van der Waals surface area (Å²) in [5.41, 5.74) is 3.61. The molecule has 0 aromatic heterocycles. The predicted molar refractivity (Wildman–Crippen MR) is 49.2 cm³/mol. The Morgan fingerprint density at radius 1 is 1.54 bits per heavy atom. The summed E-state index contributed by atoms with van der Waals surface area (Å²) in [7, 11) is 0. The van der Waals surface area contributed by atoms with Gasteiger partial charge in [0, 0.05) is 0 Å². The quantitative estimate of drug-likeness (QED) is 0.602. The highest BCUT2D eigenvalue weighted by molar-refractivity contribution is 5.39. The lowest BCUT2D eigenvalue weighted by Gasteiger charge is -2.22. The summed E-state index contributed by atoms with van der Waals surface area (Å²) in [5.74, 6) is 0. The molecule has 1 heterocycles. The molecular weight excluding hydrogens is 162 g/mol. The third-order valence-corrected chi connectivity index (χ3v) is 2.48. The Morgan fingerprint density at radius 2 is 2.38 bits per heavy atom. The Kier molecular flexibility index (Phi) is 2.03. The fourth-order valence-electron chi connectivity index (χ4n) is 1.79. The maximum Gasteiger partial charge on any atom is 0.169 e. The van der Waals surface area contributed by atoms with Crippen molar-refractivity contribution in [3.63, 3.8) is 0 Å². The normalized spacial score (nSPS) is 20.5. The lowest BCUT2D eigenvalue weighted by Crippen LogP contribution is -2.15. The highest BCUT2D eigenvalue weighted by Crippen LogP contribution is 2.28. The molecule has 1 aromatic carbocycles. The van der Waals surface area contributed by atoms with Crippen LogP contribution in [0, 0.1) is 18.3 Å². The fraction of sp³-hybridized carbons (Fsp3) is 0.364. The summed E-state index contributed by atoms with van der Waals surface area (Å²) in [6, 6.07) is 8.21. The van der Waals surface area contributed by atoms with E-state index in [0.717, 1.165) is 12.0 Å². The molecule has 0 amide bonds. The van der Waals surface area contributed by atoms with Crippen LogP contribution in [0.2, 0.25) is 0 Å². The highest BCUT2D eigenvalue weighted by atomic mass is 16.5. The van der Waals surface area contributed by atoms with Crippen LogP contribution in [-0.4, -0.2) is 6.61 Å². The smallest absolute Gasteiger partial charge is 0.169 e. The second-order valence-electron chi connectivity index (χ2n) is 3.27. The van der Waals surface area contributed by atoms with Gasteiger partial charge in [-0.2, -0.15) is 5.26 Å². The molecule has 1 aliphatic rings. The van der Waals surface area contributed by atoms with E-state index in [1.165, 1.54) is 11.1 Å². The first-order valence-corrected chi connectivity index (χ1v) is 4.42. The molecule has 0 aliphatic carbocycles. The molecule has 0 bridgehead atoms. The Balaban J connectivity index is 2.53. The van der Waals surface area contributed by atoms with Crippen LogP contribution in [0.15, 0.2) is 18.2 Å². The number of hydrogen-bond acceptors (Lipinski definition) is 2. The van der Waals surface area contributed by atoms with Gasteiger partial charge in [0.05, 0.1) is 12.7 Å². The van der Waals surface area contributed by atoms with E-state index in [1.807, 2.05) is 12.1 Å². The summed E-state index contributed by atoms with van der Waals surface area (Å²) in [6.45, 7) is 2.74. The van der Waals surface area contributed by atoms with Crippen LogP contribution < -0.4 is 0 Å². The van der Waals surface area contributed by atoms with E-state index < -0.39 is 0 Å². The van der Waals surface area contributed by atoms with Crippen LogP contribution in [0.25, 0.3) is 0 Å². The number of benzene rings is 1. The number of nitrogens with zero attached hydrogens (tertiary/aromatic N) is 1. The van der Waals surface area contributed by atoms with Crippen LogP contribution in [0.3, 0.4) is 0 Å². The Hall–Kier alpha value is -1.33. The average molecular weight is 173 g/mol. The van der Waals surface area contributed by atoms with Gasteiger partial charge < -0.3 is 4.74 Å². The van der Waals surface area contributed by atoms with Crippen molar-refractivity contribution in [2.45, 2.75) is 19.4 Å². The molecule has 1 unspecified atom stereocenters. The molecule has 0 radical (unpaired) electrons. The molecule has 66 valence electrons. The van der Waals surface area contributed by atoms with E-state index in [4.69, 9.17) is 10.00 Å². The third kappa shape index (κ3) is 1.32. The molecule has 0 saturated heterocycles. The zero-order chi connectivity index (χ0) is 9.26. The van der Waals surface area contributed by atoms with Crippen LogP contribution >= 0.6 is 0 Å². The van der Waals surface area contributed by atoms with Crippen LogP contribution in [0.1, 0.15) is 22.8 Å². The maximum absolute atomic E-state index is 8.85. The SMILES string of the molecule is Cc1cccc2c1CCOC2C#N. The van der Waals surface area contributed by atoms with Crippen molar-refractivity contribution in [1.82, 2.24) is 0 Å². The number of nitriles is 1. The lowest BCUT2D eigenvalue weighted by atomic mass is 9.94. The zero-order valence-corrected chi connectivity index (χ0v) is 7.58. The van der Waals surface area contributed by atoms with Gasteiger partial charge in [-0.3, -0.25) is 0 Å². The molecule has 0 N–H and O–H groups in total. The second-order valence-corrected chi connectivity index (χ2v) is 3.27. The first-order chi connectivity index (χ1) is 6.33. The van der Waals surface area contributed by atoms with E-state index in [0.29, 0.717) is 6.61 Å². The molecule has 0 spiro atoms. The number of rotatable bonds is 0. The maximum atomic E-state index is 8.85. The minimum Gasteiger partial charge on any atom is -0.358 e. The third-order valence-electron chi connectivity index (χ3n) is 2.48. The van der Waals surface area contributed by atoms with Crippen molar-refractivity contribution in [1.29, 1.82) is 5.26 Å². The van der Waals surface area contributed by atoms with Gasteiger partial charge in [0.2, 0.25) is 0 Å². The molecule has 13 heavy (non-hydrogen) atoms. The fourth-order valence-corrected chi connectivity index (χ4v) is 1.79. The van der Waals surface area contributed by atoms with Gasteiger partial charge in [-0.25, -0.2) is 0 Å². The van der Waals surface area contributed by atoms with Crippen LogP contribution in [-0.2, 0) is 11.2 Å². The average Bonchev–Trinajstić information content (AvgIpc) is 2.18. The zero-order valence-electron chi connectivity index (χ0n) is 7.58. The summed E-state index contributed by atoms with van der Waals surface area (Å²) in [6.07, 6.45) is 0.573. The van der Waals surface area contributed by atoms with Gasteiger partial charge in [-0.15, -0.1) is 0 Å². The second kappa shape index (κ2) is 3.20. The van der Waals surface area contributed by atoms with Gasteiger partial charge in [-0.1, -0.05) is 18.2 Å². The van der Waals surface area contributed by atoms with Crippen molar-refractivity contribution in [3.05, 3.63) is 34.9 Å². The number of ether oxygens (including phenoxy) is 1. The van der Waals surface area contributed by atoms with Crippen molar-refractivity contribution < 1.29 is 4.74 Å². The Bertz CT molecular complexity index is 365. The van der Waals surface area contributed by atoms with Crippen molar-refractivity contribution in [3.8, 4) is 6.07 Å². The van der Waals surface area contributed by atoms with E-state index in [1.54, 1.807) is 0 Å². The van der Waals surface area contributed by atoms with Crippen molar-refractivity contribution >= 4 is 0 Å². The monoisotopic (exact) mass is 173 g/mol. The van der Waals surface area contributed by atoms with E-state index in [2.05, 4.69) is 19.1 Å². The summed E-state index contributed by atoms with van der Waals surface area (Å²) in [4.78, 5) is 0. The molecule has 2 heteroatoms. The summed E-state index contributed by atoms with van der Waals surface area (Å²) >= 11 is 0. The minimum absolute atomic E-state index is 0.358. The molecule has 0 saturated carbocycles. The Labute approximate surface area is 77.8 Å². The summed E-state index contributed by atoms with van der Waals surface area (Å²) in [5, 5.41) is 8.85. The molecular formula is C11H11NO. The number of fused-ring (bicyclic) bond motifs is 1. The van der Waals surface area contributed by atoms with E-state index >= 15 is 0 Å². The largest absolute Gasteiger partial charge is 0.358 e. The molecule has 1 aliphatic heterocycles. The van der Waals surface area contributed by atoms with Crippen molar-refractivity contribution in [2.75, 3.05) is 6.61 Å². The molecule has 1 aromatic rings. The van der Waals surface area contributed by atoms with E-state index in [9.17, 15) is 0 Å². The van der Waals surface area contributed by atoms with Gasteiger partial charge in [0.25, 0.3) is 0 Å². The predicted octanol–water partition coefficient (Wildman–Crippen LogP) is 2.13. The first kappa shape index (κ1) is 8.28. The Morgan fingerprint density at radius 3 is 3.15 bits per heavy atom. The molecule has 1 atom stereocenters.